The molecule has 0 aliphatic rings. The van der Waals surface area contributed by atoms with E-state index in [9.17, 15) is 9.90 Å². The second-order valence-electron chi connectivity index (χ2n) is 5.41. The molecule has 0 saturated heterocycles. The molecule has 0 atom stereocenters. The number of aromatic nitrogens is 2. The number of anilines is 1. The van der Waals surface area contributed by atoms with Gasteiger partial charge in [-0.2, -0.15) is 0 Å². The topological polar surface area (TPSA) is 66.6 Å². The highest BCUT2D eigenvalue weighted by molar-refractivity contribution is 5.92. The lowest BCUT2D eigenvalue weighted by molar-refractivity contribution is 0.0690. The van der Waals surface area contributed by atoms with Gasteiger partial charge in [0.2, 0.25) is 0 Å². The van der Waals surface area contributed by atoms with E-state index >= 15 is 0 Å². The van der Waals surface area contributed by atoms with Gasteiger partial charge in [-0.25, -0.2) is 9.78 Å². The molecule has 102 valence electrons. The van der Waals surface area contributed by atoms with Crippen LogP contribution in [-0.4, -0.2) is 27.0 Å². The Morgan fingerprint density at radius 1 is 1.47 bits per heavy atom. The van der Waals surface area contributed by atoms with E-state index in [4.69, 9.17) is 0 Å². The number of carboxylic acid groups (broad SMARTS) is 1. The van der Waals surface area contributed by atoms with Crippen molar-refractivity contribution in [3.63, 3.8) is 0 Å². The van der Waals surface area contributed by atoms with Crippen molar-refractivity contribution in [2.45, 2.75) is 27.2 Å². The number of hydrogen-bond donors (Lipinski definition) is 2. The van der Waals surface area contributed by atoms with Crippen molar-refractivity contribution in [2.75, 3.05) is 11.9 Å². The molecule has 2 rings (SSSR count). The third kappa shape index (κ3) is 2.70. The van der Waals surface area contributed by atoms with Gasteiger partial charge in [-0.15, -0.1) is 0 Å². The van der Waals surface area contributed by atoms with Gasteiger partial charge in [0.15, 0.2) is 11.5 Å². The molecule has 0 aliphatic heterocycles. The summed E-state index contributed by atoms with van der Waals surface area (Å²) in [5.74, 6) is -0.546. The van der Waals surface area contributed by atoms with Crippen LogP contribution in [0.4, 0.5) is 5.82 Å². The Balaban J connectivity index is 2.37. The van der Waals surface area contributed by atoms with Gasteiger partial charge in [-0.05, 0) is 24.0 Å². The quantitative estimate of drug-likeness (QED) is 0.868. The first-order valence-electron chi connectivity index (χ1n) is 6.39. The fourth-order valence-electron chi connectivity index (χ4n) is 1.77. The molecule has 2 aromatic heterocycles. The second kappa shape index (κ2) is 4.91. The van der Waals surface area contributed by atoms with Crippen molar-refractivity contribution in [1.29, 1.82) is 0 Å². The van der Waals surface area contributed by atoms with Crippen molar-refractivity contribution in [3.8, 4) is 0 Å². The summed E-state index contributed by atoms with van der Waals surface area (Å²) in [6.07, 6.45) is 2.72. The van der Waals surface area contributed by atoms with Crippen molar-refractivity contribution < 1.29 is 9.90 Å². The number of fused-ring (bicyclic) bond motifs is 1. The zero-order valence-corrected chi connectivity index (χ0v) is 11.5. The van der Waals surface area contributed by atoms with Crippen molar-refractivity contribution in [1.82, 2.24) is 9.38 Å². The molecule has 0 bridgehead atoms. The highest BCUT2D eigenvalue weighted by atomic mass is 16.4. The summed E-state index contributed by atoms with van der Waals surface area (Å²) in [6, 6.07) is 5.43. The van der Waals surface area contributed by atoms with Crippen LogP contribution in [0.5, 0.6) is 0 Å². The van der Waals surface area contributed by atoms with Gasteiger partial charge < -0.3 is 10.4 Å². The maximum atomic E-state index is 11.4. The monoisotopic (exact) mass is 261 g/mol. The van der Waals surface area contributed by atoms with E-state index in [1.807, 2.05) is 6.07 Å². The molecular weight excluding hydrogens is 242 g/mol. The number of pyridine rings is 1. The van der Waals surface area contributed by atoms with Crippen LogP contribution < -0.4 is 5.32 Å². The van der Waals surface area contributed by atoms with Gasteiger partial charge >= 0.3 is 5.97 Å². The van der Waals surface area contributed by atoms with Gasteiger partial charge in [0.1, 0.15) is 5.65 Å². The van der Waals surface area contributed by atoms with Crippen LogP contribution in [-0.2, 0) is 0 Å². The molecule has 19 heavy (non-hydrogen) atoms. The highest BCUT2D eigenvalue weighted by Crippen LogP contribution is 2.23. The third-order valence-corrected chi connectivity index (χ3v) is 3.42. The lowest BCUT2D eigenvalue weighted by Crippen LogP contribution is -2.23. The summed E-state index contributed by atoms with van der Waals surface area (Å²) in [6.45, 7) is 7.07. The van der Waals surface area contributed by atoms with Crippen LogP contribution in [0.15, 0.2) is 24.4 Å². The van der Waals surface area contributed by atoms with E-state index in [2.05, 4.69) is 31.1 Å². The van der Waals surface area contributed by atoms with Crippen LogP contribution in [0, 0.1) is 5.41 Å². The number of nitrogens with one attached hydrogen (secondary N) is 1. The summed E-state index contributed by atoms with van der Waals surface area (Å²) in [5.41, 5.74) is 0.921. The van der Waals surface area contributed by atoms with Crippen LogP contribution >= 0.6 is 0 Å². The largest absolute Gasteiger partial charge is 0.476 e. The van der Waals surface area contributed by atoms with Crippen LogP contribution in [0.3, 0.4) is 0 Å². The minimum absolute atomic E-state index is 0.103. The SMILES string of the molecule is CCC(C)(C)CNc1nc2ccccn2c1C(=O)O. The molecule has 5 heteroatoms. The average Bonchev–Trinajstić information content (AvgIpc) is 2.75. The van der Waals surface area contributed by atoms with Gasteiger partial charge in [0.25, 0.3) is 0 Å². The summed E-state index contributed by atoms with van der Waals surface area (Å²) in [5, 5.41) is 12.5. The number of aromatic carboxylic acids is 1. The van der Waals surface area contributed by atoms with Crippen molar-refractivity contribution in [3.05, 3.63) is 30.1 Å². The predicted octanol–water partition coefficient (Wildman–Crippen LogP) is 2.88. The van der Waals surface area contributed by atoms with E-state index in [-0.39, 0.29) is 11.1 Å². The normalized spacial score (nSPS) is 11.7. The molecular formula is C14H19N3O2. The lowest BCUT2D eigenvalue weighted by Gasteiger charge is -2.22. The molecule has 0 unspecified atom stereocenters. The first-order valence-corrected chi connectivity index (χ1v) is 6.39. The molecule has 2 heterocycles. The molecule has 0 amide bonds. The zero-order chi connectivity index (χ0) is 14.0. The molecule has 2 N–H and O–H groups in total. The van der Waals surface area contributed by atoms with E-state index in [1.54, 1.807) is 22.7 Å². The Labute approximate surface area is 112 Å². The molecule has 0 fully saturated rings. The number of hydrogen-bond acceptors (Lipinski definition) is 3. The van der Waals surface area contributed by atoms with E-state index < -0.39 is 5.97 Å². The van der Waals surface area contributed by atoms with Crippen molar-refractivity contribution >= 4 is 17.4 Å². The molecule has 0 spiro atoms. The standard InChI is InChI=1S/C14H19N3O2/c1-4-14(2,3)9-15-12-11(13(18)19)17-8-6-5-7-10(17)16-12/h5-8,15H,4,9H2,1-3H3,(H,18,19). The van der Waals surface area contributed by atoms with Crippen LogP contribution in [0.1, 0.15) is 37.7 Å². The van der Waals surface area contributed by atoms with Gasteiger partial charge in [-0.3, -0.25) is 4.40 Å². The molecule has 0 aliphatic carbocycles. The Bertz CT molecular complexity index is 602. The number of carbonyl (C=O) groups is 1. The van der Waals surface area contributed by atoms with Gasteiger partial charge in [0, 0.05) is 12.7 Å². The van der Waals surface area contributed by atoms with E-state index in [0.717, 1.165) is 6.42 Å². The van der Waals surface area contributed by atoms with Crippen molar-refractivity contribution in [2.24, 2.45) is 5.41 Å². The molecule has 0 aromatic carbocycles. The molecule has 0 radical (unpaired) electrons. The summed E-state index contributed by atoms with van der Waals surface area (Å²) >= 11 is 0. The molecule has 2 aromatic rings. The summed E-state index contributed by atoms with van der Waals surface area (Å²) < 4.78 is 1.59. The van der Waals surface area contributed by atoms with Crippen LogP contribution in [0.2, 0.25) is 0 Å². The minimum Gasteiger partial charge on any atom is -0.476 e. The maximum Gasteiger partial charge on any atom is 0.356 e. The minimum atomic E-state index is -0.976. The Hall–Kier alpha value is -2.04. The number of nitrogens with zero attached hydrogens (tertiary/aromatic N) is 2. The second-order valence-corrected chi connectivity index (χ2v) is 5.41. The highest BCUT2D eigenvalue weighted by Gasteiger charge is 2.21. The maximum absolute atomic E-state index is 11.4. The third-order valence-electron chi connectivity index (χ3n) is 3.42. The number of rotatable bonds is 5. The van der Waals surface area contributed by atoms with E-state index in [0.29, 0.717) is 18.0 Å². The molecule has 5 nitrogen and oxygen atoms in total. The Morgan fingerprint density at radius 3 is 2.84 bits per heavy atom. The fourth-order valence-corrected chi connectivity index (χ4v) is 1.77. The fraction of sp³-hybridized carbons (Fsp3) is 0.429. The lowest BCUT2D eigenvalue weighted by atomic mass is 9.90. The first-order chi connectivity index (χ1) is 8.94. The van der Waals surface area contributed by atoms with Gasteiger partial charge in [0.05, 0.1) is 0 Å². The summed E-state index contributed by atoms with van der Waals surface area (Å²) in [4.78, 5) is 15.7. The van der Waals surface area contributed by atoms with Crippen LogP contribution in [0.25, 0.3) is 5.65 Å². The Morgan fingerprint density at radius 2 is 2.21 bits per heavy atom. The van der Waals surface area contributed by atoms with E-state index in [1.165, 1.54) is 0 Å². The number of carboxylic acids is 1. The number of imidazole rings is 1. The summed E-state index contributed by atoms with van der Waals surface area (Å²) in [7, 11) is 0. The predicted molar refractivity (Wildman–Crippen MR) is 74.7 cm³/mol. The molecule has 0 saturated carbocycles. The Kier molecular flexibility index (Phi) is 3.46. The average molecular weight is 261 g/mol. The first kappa shape index (κ1) is 13.4. The van der Waals surface area contributed by atoms with Gasteiger partial charge in [-0.1, -0.05) is 26.8 Å². The zero-order valence-electron chi connectivity index (χ0n) is 11.5. The smallest absolute Gasteiger partial charge is 0.356 e.